The summed E-state index contributed by atoms with van der Waals surface area (Å²) in [4.78, 5) is 0. The molecule has 0 radical (unpaired) electrons. The van der Waals surface area contributed by atoms with E-state index >= 15 is 0 Å². The van der Waals surface area contributed by atoms with Gasteiger partial charge < -0.3 is 10.1 Å². The highest BCUT2D eigenvalue weighted by Gasteiger charge is 2.39. The van der Waals surface area contributed by atoms with Crippen LogP contribution in [-0.4, -0.2) is 17.6 Å². The van der Waals surface area contributed by atoms with Crippen LogP contribution in [0.3, 0.4) is 0 Å². The van der Waals surface area contributed by atoms with Crippen LogP contribution in [0.2, 0.25) is 5.02 Å². The fourth-order valence-corrected chi connectivity index (χ4v) is 5.22. The number of halogens is 1. The third kappa shape index (κ3) is 2.73. The maximum Gasteiger partial charge on any atom is 0.119 e. The number of allylic oxidation sites excluding steroid dienone is 2. The van der Waals surface area contributed by atoms with Gasteiger partial charge in [-0.3, -0.25) is 0 Å². The van der Waals surface area contributed by atoms with Crippen molar-refractivity contribution in [2.75, 3.05) is 16.8 Å². The molecule has 2 aromatic carbocycles. The summed E-state index contributed by atoms with van der Waals surface area (Å²) in [5, 5.41) is 4.68. The predicted molar refractivity (Wildman–Crippen MR) is 111 cm³/mol. The quantitative estimate of drug-likeness (QED) is 0.660. The Bertz CT molecular complexity index is 859. The van der Waals surface area contributed by atoms with E-state index in [0.717, 1.165) is 28.7 Å². The number of benzene rings is 2. The van der Waals surface area contributed by atoms with Crippen molar-refractivity contribution >= 4 is 29.1 Å². The SMILES string of the molecule is Cc1ccc(Cl)c2c1N[C@@H](c1ccc(OC3CSC3)cc1)[C@@H]1CC=C[C@@H]21. The Hall–Kier alpha value is -1.58. The van der Waals surface area contributed by atoms with Gasteiger partial charge in [-0.25, -0.2) is 0 Å². The standard InChI is InChI=1S/C22H22ClNOS/c1-13-5-10-19(23)20-17-3-2-4-18(17)22(24-21(13)20)14-6-8-15(9-7-14)25-16-11-26-12-16/h2-3,5-10,16-18,22,24H,4,11-12H2,1H3/t17-,18-,22+/m1/s1. The number of nitrogens with one attached hydrogen (secondary N) is 1. The molecule has 1 fully saturated rings. The van der Waals surface area contributed by atoms with Crippen LogP contribution in [0.15, 0.2) is 48.6 Å². The second-order valence-electron chi connectivity index (χ2n) is 7.47. The summed E-state index contributed by atoms with van der Waals surface area (Å²) in [6, 6.07) is 13.1. The molecule has 0 spiro atoms. The van der Waals surface area contributed by atoms with Crippen molar-refractivity contribution in [2.24, 2.45) is 5.92 Å². The van der Waals surface area contributed by atoms with Crippen molar-refractivity contribution < 1.29 is 4.74 Å². The van der Waals surface area contributed by atoms with E-state index in [1.165, 1.54) is 22.4 Å². The molecule has 134 valence electrons. The molecular weight excluding hydrogens is 362 g/mol. The molecule has 4 heteroatoms. The first kappa shape index (κ1) is 16.6. The summed E-state index contributed by atoms with van der Waals surface area (Å²) >= 11 is 8.51. The molecule has 3 aliphatic rings. The predicted octanol–water partition coefficient (Wildman–Crippen LogP) is 5.97. The molecule has 0 unspecified atom stereocenters. The highest BCUT2D eigenvalue weighted by atomic mass is 35.5. The number of thioether (sulfide) groups is 1. The van der Waals surface area contributed by atoms with Gasteiger partial charge in [0, 0.05) is 33.7 Å². The van der Waals surface area contributed by atoms with Crippen LogP contribution in [0.1, 0.15) is 35.1 Å². The van der Waals surface area contributed by atoms with Gasteiger partial charge in [0.15, 0.2) is 0 Å². The third-order valence-corrected chi connectivity index (χ3v) is 7.37. The number of anilines is 1. The molecule has 0 amide bonds. The van der Waals surface area contributed by atoms with Gasteiger partial charge in [0.25, 0.3) is 0 Å². The molecule has 26 heavy (non-hydrogen) atoms. The number of ether oxygens (including phenoxy) is 1. The topological polar surface area (TPSA) is 21.3 Å². The molecular formula is C22H22ClNOS. The molecule has 1 aliphatic carbocycles. The zero-order chi connectivity index (χ0) is 17.7. The third-order valence-electron chi connectivity index (χ3n) is 5.82. The van der Waals surface area contributed by atoms with Crippen LogP contribution in [-0.2, 0) is 0 Å². The second kappa shape index (κ2) is 6.54. The molecule has 2 aromatic rings. The van der Waals surface area contributed by atoms with E-state index in [9.17, 15) is 0 Å². The summed E-state index contributed by atoms with van der Waals surface area (Å²) in [6.45, 7) is 2.16. The van der Waals surface area contributed by atoms with E-state index < -0.39 is 0 Å². The molecule has 0 bridgehead atoms. The number of aryl methyl sites for hydroxylation is 1. The van der Waals surface area contributed by atoms with E-state index in [1.54, 1.807) is 0 Å². The molecule has 1 N–H and O–H groups in total. The molecule has 2 aliphatic heterocycles. The van der Waals surface area contributed by atoms with E-state index in [0.29, 0.717) is 24.0 Å². The summed E-state index contributed by atoms with van der Waals surface area (Å²) in [6.07, 6.45) is 6.13. The highest BCUT2D eigenvalue weighted by molar-refractivity contribution is 8.00. The lowest BCUT2D eigenvalue weighted by atomic mass is 9.76. The van der Waals surface area contributed by atoms with Gasteiger partial charge >= 0.3 is 0 Å². The normalized spacial score (nSPS) is 26.6. The molecule has 2 heterocycles. The van der Waals surface area contributed by atoms with Crippen LogP contribution in [0.4, 0.5) is 5.69 Å². The number of hydrogen-bond donors (Lipinski definition) is 1. The lowest BCUT2D eigenvalue weighted by Gasteiger charge is -2.39. The fraction of sp³-hybridized carbons (Fsp3) is 0.364. The first-order valence-electron chi connectivity index (χ1n) is 9.27. The Morgan fingerprint density at radius 1 is 1.12 bits per heavy atom. The van der Waals surface area contributed by atoms with Gasteiger partial charge in [-0.15, -0.1) is 0 Å². The Labute approximate surface area is 164 Å². The average molecular weight is 384 g/mol. The minimum Gasteiger partial charge on any atom is -0.489 e. The van der Waals surface area contributed by atoms with Gasteiger partial charge in [-0.05, 0) is 48.6 Å². The van der Waals surface area contributed by atoms with E-state index in [4.69, 9.17) is 16.3 Å². The molecule has 0 aromatic heterocycles. The molecule has 0 saturated carbocycles. The Balaban J connectivity index is 1.46. The molecule has 3 atom stereocenters. The first-order chi connectivity index (χ1) is 12.7. The van der Waals surface area contributed by atoms with Crippen LogP contribution >= 0.6 is 23.4 Å². The summed E-state index contributed by atoms with van der Waals surface area (Å²) in [5.41, 5.74) is 5.06. The first-order valence-corrected chi connectivity index (χ1v) is 10.8. The highest BCUT2D eigenvalue weighted by Crippen LogP contribution is 2.52. The van der Waals surface area contributed by atoms with Crippen LogP contribution < -0.4 is 10.1 Å². The van der Waals surface area contributed by atoms with Gasteiger partial charge in [0.1, 0.15) is 11.9 Å². The minimum absolute atomic E-state index is 0.299. The van der Waals surface area contributed by atoms with Gasteiger partial charge in [-0.2, -0.15) is 11.8 Å². The van der Waals surface area contributed by atoms with Gasteiger partial charge in [0.05, 0.1) is 6.04 Å². The lowest BCUT2D eigenvalue weighted by molar-refractivity contribution is 0.240. The Morgan fingerprint density at radius 3 is 2.65 bits per heavy atom. The van der Waals surface area contributed by atoms with E-state index in [-0.39, 0.29) is 0 Å². The second-order valence-corrected chi connectivity index (χ2v) is 8.96. The largest absolute Gasteiger partial charge is 0.489 e. The maximum absolute atomic E-state index is 6.57. The van der Waals surface area contributed by atoms with Crippen LogP contribution in [0.5, 0.6) is 5.75 Å². The lowest BCUT2D eigenvalue weighted by Crippen LogP contribution is -2.31. The van der Waals surface area contributed by atoms with Crippen molar-refractivity contribution in [1.29, 1.82) is 0 Å². The van der Waals surface area contributed by atoms with Crippen molar-refractivity contribution in [1.82, 2.24) is 0 Å². The zero-order valence-electron chi connectivity index (χ0n) is 14.7. The Morgan fingerprint density at radius 2 is 1.92 bits per heavy atom. The number of hydrogen-bond acceptors (Lipinski definition) is 3. The van der Waals surface area contributed by atoms with Gasteiger partial charge in [-0.1, -0.05) is 42.0 Å². The van der Waals surface area contributed by atoms with Crippen molar-refractivity contribution in [3.63, 3.8) is 0 Å². The zero-order valence-corrected chi connectivity index (χ0v) is 16.3. The molecule has 1 saturated heterocycles. The van der Waals surface area contributed by atoms with Crippen LogP contribution in [0.25, 0.3) is 0 Å². The van der Waals surface area contributed by atoms with Crippen molar-refractivity contribution in [3.05, 3.63) is 70.3 Å². The monoisotopic (exact) mass is 383 g/mol. The smallest absolute Gasteiger partial charge is 0.119 e. The maximum atomic E-state index is 6.57. The fourth-order valence-electron chi connectivity index (χ4n) is 4.37. The van der Waals surface area contributed by atoms with E-state index in [2.05, 4.69) is 54.7 Å². The summed E-state index contributed by atoms with van der Waals surface area (Å²) in [5.74, 6) is 4.11. The van der Waals surface area contributed by atoms with Crippen LogP contribution in [0, 0.1) is 12.8 Å². The molecule has 5 rings (SSSR count). The Kier molecular flexibility index (Phi) is 4.17. The van der Waals surface area contributed by atoms with E-state index in [1.807, 2.05) is 17.8 Å². The molecule has 2 nitrogen and oxygen atoms in total. The summed E-state index contributed by atoms with van der Waals surface area (Å²) in [7, 11) is 0. The minimum atomic E-state index is 0.299. The number of rotatable bonds is 3. The number of fused-ring (bicyclic) bond motifs is 3. The average Bonchev–Trinajstić information content (AvgIpc) is 3.10. The van der Waals surface area contributed by atoms with Crippen molar-refractivity contribution in [2.45, 2.75) is 31.4 Å². The van der Waals surface area contributed by atoms with Crippen molar-refractivity contribution in [3.8, 4) is 5.75 Å². The summed E-state index contributed by atoms with van der Waals surface area (Å²) < 4.78 is 6.00. The van der Waals surface area contributed by atoms with Gasteiger partial charge in [0.2, 0.25) is 0 Å².